The highest BCUT2D eigenvalue weighted by molar-refractivity contribution is 5.94. The van der Waals surface area contributed by atoms with Crippen LogP contribution in [0.3, 0.4) is 0 Å². The second kappa shape index (κ2) is 5.25. The van der Waals surface area contributed by atoms with Crippen molar-refractivity contribution < 1.29 is 4.79 Å². The minimum absolute atomic E-state index is 0.0719. The number of rotatable bonds is 2. The first-order valence-corrected chi connectivity index (χ1v) is 7.14. The van der Waals surface area contributed by atoms with E-state index in [4.69, 9.17) is 5.73 Å². The highest BCUT2D eigenvalue weighted by Gasteiger charge is 2.31. The Kier molecular flexibility index (Phi) is 3.44. The van der Waals surface area contributed by atoms with Crippen molar-refractivity contribution >= 4 is 11.6 Å². The Morgan fingerprint density at radius 2 is 2.35 bits per heavy atom. The van der Waals surface area contributed by atoms with Gasteiger partial charge in [-0.05, 0) is 30.9 Å². The topological polar surface area (TPSA) is 63.6 Å². The molecule has 0 radical (unpaired) electrons. The zero-order chi connectivity index (χ0) is 14.1. The fourth-order valence-corrected chi connectivity index (χ4v) is 3.07. The highest BCUT2D eigenvalue weighted by Crippen LogP contribution is 2.24. The third kappa shape index (κ3) is 2.18. The van der Waals surface area contributed by atoms with Crippen LogP contribution in [0, 0.1) is 5.92 Å². The molecule has 5 nitrogen and oxygen atoms in total. The lowest BCUT2D eigenvalue weighted by Crippen LogP contribution is -2.51. The maximum Gasteiger partial charge on any atom is 0.255 e. The SMILES string of the molecule is C[C@@H]1CCCN(C(=O)c2ccc3nccn3c2)[C@@H]1CN. The molecule has 5 heteroatoms. The van der Waals surface area contributed by atoms with Gasteiger partial charge in [0.25, 0.3) is 5.91 Å². The van der Waals surface area contributed by atoms with Crippen LogP contribution in [0.15, 0.2) is 30.7 Å². The van der Waals surface area contributed by atoms with Crippen LogP contribution >= 0.6 is 0 Å². The number of carbonyl (C=O) groups is 1. The van der Waals surface area contributed by atoms with Gasteiger partial charge in [0.2, 0.25) is 0 Å². The molecule has 2 atom stereocenters. The molecular weight excluding hydrogens is 252 g/mol. The van der Waals surface area contributed by atoms with Gasteiger partial charge >= 0.3 is 0 Å². The Morgan fingerprint density at radius 1 is 1.50 bits per heavy atom. The average Bonchev–Trinajstić information content (AvgIpc) is 2.93. The van der Waals surface area contributed by atoms with E-state index < -0.39 is 0 Å². The second-order valence-corrected chi connectivity index (χ2v) is 5.53. The predicted molar refractivity (Wildman–Crippen MR) is 77.5 cm³/mol. The van der Waals surface area contributed by atoms with Gasteiger partial charge in [-0.1, -0.05) is 6.92 Å². The monoisotopic (exact) mass is 272 g/mol. The van der Waals surface area contributed by atoms with Crippen LogP contribution in [0.1, 0.15) is 30.1 Å². The third-order valence-corrected chi connectivity index (χ3v) is 4.25. The molecule has 0 unspecified atom stereocenters. The summed E-state index contributed by atoms with van der Waals surface area (Å²) >= 11 is 0. The maximum absolute atomic E-state index is 12.7. The summed E-state index contributed by atoms with van der Waals surface area (Å²) in [6, 6.07) is 3.87. The zero-order valence-corrected chi connectivity index (χ0v) is 11.7. The molecule has 0 aromatic carbocycles. The molecule has 106 valence electrons. The molecule has 2 N–H and O–H groups in total. The second-order valence-electron chi connectivity index (χ2n) is 5.53. The van der Waals surface area contributed by atoms with E-state index >= 15 is 0 Å². The van der Waals surface area contributed by atoms with Crippen LogP contribution < -0.4 is 5.73 Å². The van der Waals surface area contributed by atoms with Crippen molar-refractivity contribution in [2.45, 2.75) is 25.8 Å². The van der Waals surface area contributed by atoms with E-state index in [9.17, 15) is 4.79 Å². The van der Waals surface area contributed by atoms with E-state index in [1.807, 2.05) is 33.8 Å². The first-order valence-electron chi connectivity index (χ1n) is 7.14. The van der Waals surface area contributed by atoms with Gasteiger partial charge in [0.05, 0.1) is 5.56 Å². The third-order valence-electron chi connectivity index (χ3n) is 4.25. The van der Waals surface area contributed by atoms with Crippen molar-refractivity contribution in [2.75, 3.05) is 13.1 Å². The van der Waals surface area contributed by atoms with Gasteiger partial charge in [-0.15, -0.1) is 0 Å². The molecule has 2 aromatic rings. The standard InChI is InChI=1S/C15H20N4O/c1-11-3-2-7-19(13(11)9-16)15(20)12-4-5-14-17-6-8-18(14)10-12/h4-6,8,10-11,13H,2-3,7,9,16H2,1H3/t11-,13-/m1/s1. The number of piperidine rings is 1. The molecule has 1 amide bonds. The zero-order valence-electron chi connectivity index (χ0n) is 11.7. The fourth-order valence-electron chi connectivity index (χ4n) is 3.07. The summed E-state index contributed by atoms with van der Waals surface area (Å²) < 4.78 is 1.87. The molecule has 0 saturated carbocycles. The number of amides is 1. The van der Waals surface area contributed by atoms with E-state index in [0.717, 1.165) is 25.0 Å². The molecule has 0 aliphatic carbocycles. The van der Waals surface area contributed by atoms with Crippen molar-refractivity contribution in [3.05, 3.63) is 36.3 Å². The minimum Gasteiger partial charge on any atom is -0.334 e. The number of nitrogens with two attached hydrogens (primary N) is 1. The molecule has 2 aromatic heterocycles. The quantitative estimate of drug-likeness (QED) is 0.902. The first-order chi connectivity index (χ1) is 9.70. The summed E-state index contributed by atoms with van der Waals surface area (Å²) in [4.78, 5) is 18.8. The molecular formula is C15H20N4O. The van der Waals surface area contributed by atoms with Crippen molar-refractivity contribution in [2.24, 2.45) is 11.7 Å². The summed E-state index contributed by atoms with van der Waals surface area (Å²) in [5.41, 5.74) is 7.41. The van der Waals surface area contributed by atoms with Crippen molar-refractivity contribution in [1.82, 2.24) is 14.3 Å². The summed E-state index contributed by atoms with van der Waals surface area (Å²) in [5.74, 6) is 0.539. The van der Waals surface area contributed by atoms with Crippen molar-refractivity contribution in [3.8, 4) is 0 Å². The fraction of sp³-hybridized carbons (Fsp3) is 0.467. The minimum atomic E-state index is 0.0719. The van der Waals surface area contributed by atoms with E-state index in [1.54, 1.807) is 6.20 Å². The number of carbonyl (C=O) groups excluding carboxylic acids is 1. The van der Waals surface area contributed by atoms with Gasteiger partial charge in [-0.25, -0.2) is 4.98 Å². The summed E-state index contributed by atoms with van der Waals surface area (Å²) in [7, 11) is 0. The molecule has 0 bridgehead atoms. The van der Waals surface area contributed by atoms with Crippen molar-refractivity contribution in [1.29, 1.82) is 0 Å². The number of nitrogens with zero attached hydrogens (tertiary/aromatic N) is 3. The molecule has 3 rings (SSSR count). The van der Waals surface area contributed by atoms with Crippen LogP contribution in [0.2, 0.25) is 0 Å². The molecule has 3 heterocycles. The lowest BCUT2D eigenvalue weighted by atomic mass is 9.90. The number of aromatic nitrogens is 2. The maximum atomic E-state index is 12.7. The average molecular weight is 272 g/mol. The van der Waals surface area contributed by atoms with Crippen LogP contribution in [0.4, 0.5) is 0 Å². The van der Waals surface area contributed by atoms with Crippen LogP contribution in [0.5, 0.6) is 0 Å². The number of hydrogen-bond acceptors (Lipinski definition) is 3. The van der Waals surface area contributed by atoms with Gasteiger partial charge in [0.1, 0.15) is 5.65 Å². The number of likely N-dealkylation sites (tertiary alicyclic amines) is 1. The van der Waals surface area contributed by atoms with E-state index in [2.05, 4.69) is 11.9 Å². The van der Waals surface area contributed by atoms with Crippen LogP contribution in [-0.4, -0.2) is 39.3 Å². The van der Waals surface area contributed by atoms with Gasteiger partial charge in [-0.2, -0.15) is 0 Å². The summed E-state index contributed by atoms with van der Waals surface area (Å²) in [6.45, 7) is 3.50. The smallest absolute Gasteiger partial charge is 0.255 e. The van der Waals surface area contributed by atoms with Crippen molar-refractivity contribution in [3.63, 3.8) is 0 Å². The van der Waals surface area contributed by atoms with Gasteiger partial charge in [0, 0.05) is 37.7 Å². The Bertz CT molecular complexity index is 621. The first kappa shape index (κ1) is 13.1. The molecule has 20 heavy (non-hydrogen) atoms. The predicted octanol–water partition coefficient (Wildman–Crippen LogP) is 1.53. The number of imidazole rings is 1. The molecule has 1 aliphatic rings. The number of hydrogen-bond donors (Lipinski definition) is 1. The molecule has 1 fully saturated rings. The van der Waals surface area contributed by atoms with Gasteiger partial charge in [-0.3, -0.25) is 4.79 Å². The van der Waals surface area contributed by atoms with E-state index in [1.165, 1.54) is 0 Å². The number of fused-ring (bicyclic) bond motifs is 1. The molecule has 1 saturated heterocycles. The normalized spacial score (nSPS) is 23.2. The molecule has 1 aliphatic heterocycles. The highest BCUT2D eigenvalue weighted by atomic mass is 16.2. The van der Waals surface area contributed by atoms with Crippen LogP contribution in [-0.2, 0) is 0 Å². The summed E-state index contributed by atoms with van der Waals surface area (Å²) in [6.07, 6.45) is 7.63. The van der Waals surface area contributed by atoms with Crippen LogP contribution in [0.25, 0.3) is 5.65 Å². The van der Waals surface area contributed by atoms with Gasteiger partial charge < -0.3 is 15.0 Å². The largest absolute Gasteiger partial charge is 0.334 e. The lowest BCUT2D eigenvalue weighted by molar-refractivity contribution is 0.0532. The Labute approximate surface area is 118 Å². The Morgan fingerprint density at radius 3 is 3.15 bits per heavy atom. The molecule has 0 spiro atoms. The Balaban J connectivity index is 1.90. The van der Waals surface area contributed by atoms with E-state index in [0.29, 0.717) is 18.0 Å². The summed E-state index contributed by atoms with van der Waals surface area (Å²) in [5, 5.41) is 0. The lowest BCUT2D eigenvalue weighted by Gasteiger charge is -2.39. The van der Waals surface area contributed by atoms with E-state index in [-0.39, 0.29) is 11.9 Å². The number of pyridine rings is 1. The van der Waals surface area contributed by atoms with Gasteiger partial charge in [0.15, 0.2) is 0 Å². The Hall–Kier alpha value is -1.88.